The van der Waals surface area contributed by atoms with Gasteiger partial charge in [-0.1, -0.05) is 63.2 Å². The van der Waals surface area contributed by atoms with Gasteiger partial charge in [-0.3, -0.25) is 4.79 Å². The van der Waals surface area contributed by atoms with Crippen molar-refractivity contribution in [2.75, 3.05) is 13.2 Å². The first-order chi connectivity index (χ1) is 16.8. The predicted octanol–water partition coefficient (Wildman–Crippen LogP) is 6.08. The normalized spacial score (nSPS) is 11.5. The van der Waals surface area contributed by atoms with Crippen LogP contribution in [0.15, 0.2) is 72.8 Å². The number of benzene rings is 3. The summed E-state index contributed by atoms with van der Waals surface area (Å²) in [4.78, 5) is 17.4. The third kappa shape index (κ3) is 6.10. The van der Waals surface area contributed by atoms with E-state index in [9.17, 15) is 4.79 Å². The molecule has 0 aliphatic rings. The minimum atomic E-state index is -0.0448. The molecular formula is C30H35N3O2. The molecule has 0 saturated carbocycles. The number of nitrogens with one attached hydrogen (secondary N) is 1. The summed E-state index contributed by atoms with van der Waals surface area (Å²) >= 11 is 0. The van der Waals surface area contributed by atoms with E-state index < -0.39 is 0 Å². The summed E-state index contributed by atoms with van der Waals surface area (Å²) in [6.45, 7) is 10.6. The van der Waals surface area contributed by atoms with Crippen molar-refractivity contribution < 1.29 is 9.53 Å². The Labute approximate surface area is 208 Å². The highest BCUT2D eigenvalue weighted by Crippen LogP contribution is 2.24. The summed E-state index contributed by atoms with van der Waals surface area (Å²) < 4.78 is 8.26. The molecule has 1 aromatic heterocycles. The molecule has 0 atom stereocenters. The lowest BCUT2D eigenvalue weighted by Gasteiger charge is -2.19. The van der Waals surface area contributed by atoms with Crippen molar-refractivity contribution in [3.05, 3.63) is 95.3 Å². The number of fused-ring (bicyclic) bond motifs is 1. The zero-order chi connectivity index (χ0) is 24.8. The lowest BCUT2D eigenvalue weighted by Crippen LogP contribution is -2.27. The van der Waals surface area contributed by atoms with Gasteiger partial charge in [-0.05, 0) is 60.2 Å². The van der Waals surface area contributed by atoms with Crippen molar-refractivity contribution in [2.24, 2.45) is 0 Å². The molecule has 5 heteroatoms. The predicted molar refractivity (Wildman–Crippen MR) is 142 cm³/mol. The first kappa shape index (κ1) is 24.5. The summed E-state index contributed by atoms with van der Waals surface area (Å²) in [5.41, 5.74) is 5.22. The Balaban J connectivity index is 1.36. The maximum atomic E-state index is 12.6. The van der Waals surface area contributed by atoms with Gasteiger partial charge in [-0.25, -0.2) is 4.98 Å². The van der Waals surface area contributed by atoms with E-state index in [1.807, 2.05) is 49.4 Å². The quantitative estimate of drug-likeness (QED) is 0.302. The standard InChI is InChI=1S/C30H35N3O2/c1-22-10-5-6-11-25(22)29(34)31-19-18-28-32-26-12-7-8-13-27(26)33(28)20-9-21-35-24-16-14-23(15-17-24)30(2,3)4/h5-8,10-17H,9,18-21H2,1-4H3,(H,31,34). The van der Waals surface area contributed by atoms with E-state index in [0.29, 0.717) is 25.1 Å². The number of ether oxygens (including phenoxy) is 1. The lowest BCUT2D eigenvalue weighted by molar-refractivity contribution is 0.0953. The van der Waals surface area contributed by atoms with E-state index >= 15 is 0 Å². The molecule has 182 valence electrons. The first-order valence-electron chi connectivity index (χ1n) is 12.3. The van der Waals surface area contributed by atoms with Crippen LogP contribution >= 0.6 is 0 Å². The monoisotopic (exact) mass is 469 g/mol. The van der Waals surface area contributed by atoms with Gasteiger partial charge in [0.05, 0.1) is 17.6 Å². The summed E-state index contributed by atoms with van der Waals surface area (Å²) in [5.74, 6) is 1.83. The zero-order valence-corrected chi connectivity index (χ0v) is 21.2. The van der Waals surface area contributed by atoms with Crippen LogP contribution in [0.3, 0.4) is 0 Å². The minimum absolute atomic E-state index is 0.0448. The molecule has 0 saturated heterocycles. The SMILES string of the molecule is Cc1ccccc1C(=O)NCCc1nc2ccccc2n1CCCOc1ccc(C(C)(C)C)cc1. The van der Waals surface area contributed by atoms with E-state index in [-0.39, 0.29) is 11.3 Å². The number of para-hydroxylation sites is 2. The van der Waals surface area contributed by atoms with Gasteiger partial charge in [0.2, 0.25) is 0 Å². The molecule has 3 aromatic carbocycles. The van der Waals surface area contributed by atoms with Crippen LogP contribution < -0.4 is 10.1 Å². The topological polar surface area (TPSA) is 56.2 Å². The van der Waals surface area contributed by atoms with Crippen LogP contribution in [0.4, 0.5) is 0 Å². The Morgan fingerprint density at radius 2 is 1.69 bits per heavy atom. The van der Waals surface area contributed by atoms with Crippen LogP contribution in [0.1, 0.15) is 54.5 Å². The van der Waals surface area contributed by atoms with Gasteiger partial charge >= 0.3 is 0 Å². The van der Waals surface area contributed by atoms with E-state index in [1.54, 1.807) is 0 Å². The van der Waals surface area contributed by atoms with Crippen LogP contribution in [0.2, 0.25) is 0 Å². The molecule has 1 heterocycles. The van der Waals surface area contributed by atoms with Crippen molar-refractivity contribution >= 4 is 16.9 Å². The number of hydrogen-bond acceptors (Lipinski definition) is 3. The largest absolute Gasteiger partial charge is 0.494 e. The van der Waals surface area contributed by atoms with Crippen molar-refractivity contribution in [3.63, 3.8) is 0 Å². The van der Waals surface area contributed by atoms with Gasteiger partial charge in [0.1, 0.15) is 11.6 Å². The molecule has 0 fully saturated rings. The molecule has 0 aliphatic heterocycles. The highest BCUT2D eigenvalue weighted by molar-refractivity contribution is 5.95. The maximum Gasteiger partial charge on any atom is 0.251 e. The van der Waals surface area contributed by atoms with Crippen LogP contribution in [0.25, 0.3) is 11.0 Å². The summed E-state index contributed by atoms with van der Waals surface area (Å²) in [6, 6.07) is 24.2. The summed E-state index contributed by atoms with van der Waals surface area (Å²) in [7, 11) is 0. The molecule has 1 amide bonds. The number of aromatic nitrogens is 2. The fraction of sp³-hybridized carbons (Fsp3) is 0.333. The third-order valence-electron chi connectivity index (χ3n) is 6.27. The molecule has 0 unspecified atom stereocenters. The molecule has 0 spiro atoms. The molecular weight excluding hydrogens is 434 g/mol. The number of amides is 1. The van der Waals surface area contributed by atoms with Crippen molar-refractivity contribution in [3.8, 4) is 5.75 Å². The number of aryl methyl sites for hydroxylation is 2. The second-order valence-corrected chi connectivity index (χ2v) is 9.97. The van der Waals surface area contributed by atoms with Gasteiger partial charge in [0, 0.05) is 25.1 Å². The molecule has 4 rings (SSSR count). The number of rotatable bonds is 9. The Morgan fingerprint density at radius 1 is 0.971 bits per heavy atom. The fourth-order valence-electron chi connectivity index (χ4n) is 4.24. The maximum absolute atomic E-state index is 12.6. The molecule has 4 aromatic rings. The molecule has 5 nitrogen and oxygen atoms in total. The highest BCUT2D eigenvalue weighted by Gasteiger charge is 2.14. The van der Waals surface area contributed by atoms with E-state index in [1.165, 1.54) is 5.56 Å². The van der Waals surface area contributed by atoms with Crippen LogP contribution in [0, 0.1) is 6.92 Å². The zero-order valence-electron chi connectivity index (χ0n) is 21.2. The summed E-state index contributed by atoms with van der Waals surface area (Å²) in [6.07, 6.45) is 1.53. The van der Waals surface area contributed by atoms with Gasteiger partial charge < -0.3 is 14.6 Å². The number of carbonyl (C=O) groups is 1. The first-order valence-corrected chi connectivity index (χ1v) is 12.3. The average molecular weight is 470 g/mol. The van der Waals surface area contributed by atoms with Crippen LogP contribution in [0.5, 0.6) is 5.75 Å². The molecule has 35 heavy (non-hydrogen) atoms. The number of hydrogen-bond donors (Lipinski definition) is 1. The van der Waals surface area contributed by atoms with Gasteiger partial charge in [0.25, 0.3) is 5.91 Å². The highest BCUT2D eigenvalue weighted by atomic mass is 16.5. The van der Waals surface area contributed by atoms with E-state index in [4.69, 9.17) is 9.72 Å². The summed E-state index contributed by atoms with van der Waals surface area (Å²) in [5, 5.41) is 3.05. The Bertz CT molecular complexity index is 1280. The number of carbonyl (C=O) groups excluding carboxylic acids is 1. The van der Waals surface area contributed by atoms with Gasteiger partial charge in [-0.15, -0.1) is 0 Å². The second kappa shape index (κ2) is 10.8. The molecule has 0 aliphatic carbocycles. The van der Waals surface area contributed by atoms with Crippen LogP contribution in [-0.2, 0) is 18.4 Å². The molecule has 1 N–H and O–H groups in total. The number of nitrogens with zero attached hydrogens (tertiary/aromatic N) is 2. The van der Waals surface area contributed by atoms with E-state index in [2.05, 4.69) is 61.0 Å². The van der Waals surface area contributed by atoms with Crippen molar-refractivity contribution in [2.45, 2.75) is 52.5 Å². The smallest absolute Gasteiger partial charge is 0.251 e. The van der Waals surface area contributed by atoms with Gasteiger partial charge in [0.15, 0.2) is 0 Å². The number of imidazole rings is 1. The average Bonchev–Trinajstić information content (AvgIpc) is 3.19. The Hall–Kier alpha value is -3.60. The van der Waals surface area contributed by atoms with Crippen molar-refractivity contribution in [1.29, 1.82) is 0 Å². The minimum Gasteiger partial charge on any atom is -0.494 e. The Kier molecular flexibility index (Phi) is 7.54. The second-order valence-electron chi connectivity index (χ2n) is 9.97. The van der Waals surface area contributed by atoms with E-state index in [0.717, 1.165) is 41.1 Å². The molecule has 0 bridgehead atoms. The van der Waals surface area contributed by atoms with Gasteiger partial charge in [-0.2, -0.15) is 0 Å². The Morgan fingerprint density at radius 3 is 2.43 bits per heavy atom. The van der Waals surface area contributed by atoms with Crippen molar-refractivity contribution in [1.82, 2.24) is 14.9 Å². The fourth-order valence-corrected chi connectivity index (χ4v) is 4.24. The van der Waals surface area contributed by atoms with Crippen LogP contribution in [-0.4, -0.2) is 28.6 Å². The molecule has 0 radical (unpaired) electrons. The lowest BCUT2D eigenvalue weighted by atomic mass is 9.87. The third-order valence-corrected chi connectivity index (χ3v) is 6.27.